The molecule has 0 bridgehead atoms. The average molecular weight is 210 g/mol. The largest absolute Gasteiger partial charge is 0.507 e. The molecule has 0 aliphatic rings. The molecule has 0 saturated heterocycles. The van der Waals surface area contributed by atoms with Crippen molar-refractivity contribution in [2.75, 3.05) is 0 Å². The summed E-state index contributed by atoms with van der Waals surface area (Å²) < 4.78 is 0. The molecule has 1 aromatic carbocycles. The number of hydrogen-bond donors (Lipinski definition) is 4. The van der Waals surface area contributed by atoms with Crippen LogP contribution in [0.25, 0.3) is 0 Å². The van der Waals surface area contributed by atoms with Crippen molar-refractivity contribution >= 4 is 6.72 Å². The zero-order valence-electron chi connectivity index (χ0n) is 8.38. The van der Waals surface area contributed by atoms with Gasteiger partial charge in [0.05, 0.1) is 11.6 Å². The second kappa shape index (κ2) is 4.18. The monoisotopic (exact) mass is 210 g/mol. The summed E-state index contributed by atoms with van der Waals surface area (Å²) in [6.45, 7) is 5.01. The summed E-state index contributed by atoms with van der Waals surface area (Å²) in [5, 5.41) is 28.4. The van der Waals surface area contributed by atoms with Gasteiger partial charge in [-0.3, -0.25) is 4.99 Å². The number of phenols is 3. The molecule has 5 N–H and O–H groups in total. The van der Waals surface area contributed by atoms with Crippen LogP contribution in [0.4, 0.5) is 0 Å². The van der Waals surface area contributed by atoms with Crippen molar-refractivity contribution in [3.8, 4) is 17.2 Å². The molecule has 0 saturated carbocycles. The number of phenolic OH excluding ortho intramolecular Hbond substituents is 3. The van der Waals surface area contributed by atoms with Crippen molar-refractivity contribution in [3.63, 3.8) is 0 Å². The number of benzene rings is 1. The molecule has 0 radical (unpaired) electrons. The van der Waals surface area contributed by atoms with E-state index in [0.29, 0.717) is 0 Å². The minimum Gasteiger partial charge on any atom is -0.507 e. The van der Waals surface area contributed by atoms with E-state index < -0.39 is 17.8 Å². The number of hydrogen-bond acceptors (Lipinski definition) is 5. The van der Waals surface area contributed by atoms with Gasteiger partial charge in [0.15, 0.2) is 11.5 Å². The number of nitrogens with two attached hydrogens (primary N) is 1. The zero-order chi connectivity index (χ0) is 11.6. The standard InChI is InChI=1S/C10H14N2O3/c1-5(11)9(12-2)8-6(13)3-4-7(14)10(8)15/h3-5,9,13-15H,2,11H2,1H3. The molecule has 15 heavy (non-hydrogen) atoms. The first-order valence-electron chi connectivity index (χ1n) is 4.44. The van der Waals surface area contributed by atoms with Crippen molar-refractivity contribution < 1.29 is 15.3 Å². The van der Waals surface area contributed by atoms with Gasteiger partial charge in [-0.2, -0.15) is 0 Å². The number of aliphatic imine (C=N–C) groups is 1. The van der Waals surface area contributed by atoms with E-state index in [1.54, 1.807) is 6.92 Å². The van der Waals surface area contributed by atoms with Crippen molar-refractivity contribution in [3.05, 3.63) is 17.7 Å². The SMILES string of the molecule is C=NC(c1c(O)ccc(O)c1O)C(C)N. The van der Waals surface area contributed by atoms with Crippen LogP contribution in [-0.4, -0.2) is 28.1 Å². The first kappa shape index (κ1) is 11.3. The summed E-state index contributed by atoms with van der Waals surface area (Å²) >= 11 is 0. The molecule has 82 valence electrons. The molecule has 5 heteroatoms. The highest BCUT2D eigenvalue weighted by molar-refractivity contribution is 5.54. The van der Waals surface area contributed by atoms with Crippen LogP contribution >= 0.6 is 0 Å². The maximum atomic E-state index is 9.58. The van der Waals surface area contributed by atoms with Crippen LogP contribution in [0.15, 0.2) is 17.1 Å². The van der Waals surface area contributed by atoms with Crippen LogP contribution in [0, 0.1) is 0 Å². The normalized spacial score (nSPS) is 14.5. The van der Waals surface area contributed by atoms with E-state index in [2.05, 4.69) is 11.7 Å². The van der Waals surface area contributed by atoms with Crippen LogP contribution in [0.3, 0.4) is 0 Å². The molecule has 0 aliphatic carbocycles. The minimum absolute atomic E-state index is 0.0972. The van der Waals surface area contributed by atoms with E-state index in [9.17, 15) is 15.3 Å². The fraction of sp³-hybridized carbons (Fsp3) is 0.300. The molecular weight excluding hydrogens is 196 g/mol. The molecule has 2 unspecified atom stereocenters. The Bertz CT molecular complexity index is 377. The van der Waals surface area contributed by atoms with Crippen LogP contribution in [0.5, 0.6) is 17.2 Å². The Morgan fingerprint density at radius 2 is 1.80 bits per heavy atom. The lowest BCUT2D eigenvalue weighted by Crippen LogP contribution is -2.23. The number of aromatic hydroxyl groups is 3. The Kier molecular flexibility index (Phi) is 3.16. The minimum atomic E-state index is -0.655. The average Bonchev–Trinajstić information content (AvgIpc) is 2.18. The summed E-state index contributed by atoms with van der Waals surface area (Å²) in [6.07, 6.45) is 0. The van der Waals surface area contributed by atoms with Gasteiger partial charge >= 0.3 is 0 Å². The molecule has 1 rings (SSSR count). The van der Waals surface area contributed by atoms with Crippen LogP contribution in [0.2, 0.25) is 0 Å². The van der Waals surface area contributed by atoms with Crippen molar-refractivity contribution in [2.45, 2.75) is 19.0 Å². The van der Waals surface area contributed by atoms with E-state index in [0.717, 1.165) is 0 Å². The van der Waals surface area contributed by atoms with Gasteiger partial charge < -0.3 is 21.1 Å². The van der Waals surface area contributed by atoms with Gasteiger partial charge in [-0.05, 0) is 25.8 Å². The van der Waals surface area contributed by atoms with Crippen molar-refractivity contribution in [1.29, 1.82) is 0 Å². The maximum absolute atomic E-state index is 9.58. The summed E-state index contributed by atoms with van der Waals surface area (Å²) in [5.41, 5.74) is 5.73. The molecular formula is C10H14N2O3. The molecule has 0 aliphatic heterocycles. The topological polar surface area (TPSA) is 99.1 Å². The van der Waals surface area contributed by atoms with E-state index in [-0.39, 0.29) is 17.1 Å². The van der Waals surface area contributed by atoms with Gasteiger partial charge in [-0.15, -0.1) is 0 Å². The Morgan fingerprint density at radius 1 is 1.27 bits per heavy atom. The Balaban J connectivity index is 3.33. The molecule has 2 atom stereocenters. The molecule has 1 aromatic rings. The van der Waals surface area contributed by atoms with Crippen molar-refractivity contribution in [2.24, 2.45) is 10.7 Å². The first-order valence-corrected chi connectivity index (χ1v) is 4.44. The highest BCUT2D eigenvalue weighted by Gasteiger charge is 2.23. The third kappa shape index (κ3) is 2.02. The first-order chi connectivity index (χ1) is 6.99. The Labute approximate surface area is 87.5 Å². The smallest absolute Gasteiger partial charge is 0.166 e. The summed E-state index contributed by atoms with van der Waals surface area (Å²) in [4.78, 5) is 3.71. The zero-order valence-corrected chi connectivity index (χ0v) is 8.38. The van der Waals surface area contributed by atoms with Gasteiger partial charge in [-0.25, -0.2) is 0 Å². The lowest BCUT2D eigenvalue weighted by Gasteiger charge is -2.18. The predicted molar refractivity (Wildman–Crippen MR) is 57.4 cm³/mol. The maximum Gasteiger partial charge on any atom is 0.166 e. The Hall–Kier alpha value is -1.75. The number of nitrogens with zero attached hydrogens (tertiary/aromatic N) is 1. The summed E-state index contributed by atoms with van der Waals surface area (Å²) in [6, 6.07) is 1.37. The second-order valence-corrected chi connectivity index (χ2v) is 3.35. The third-order valence-corrected chi connectivity index (χ3v) is 2.16. The molecule has 0 fully saturated rings. The summed E-state index contributed by atoms with van der Waals surface area (Å²) in [5.74, 6) is -0.901. The lowest BCUT2D eigenvalue weighted by atomic mass is 9.99. The van der Waals surface area contributed by atoms with Gasteiger partial charge in [0.25, 0.3) is 0 Å². The molecule has 0 aromatic heterocycles. The van der Waals surface area contributed by atoms with Gasteiger partial charge in [0.2, 0.25) is 0 Å². The molecule has 0 heterocycles. The Morgan fingerprint density at radius 3 is 2.27 bits per heavy atom. The lowest BCUT2D eigenvalue weighted by molar-refractivity contribution is 0.380. The van der Waals surface area contributed by atoms with E-state index in [1.165, 1.54) is 12.1 Å². The highest BCUT2D eigenvalue weighted by Crippen LogP contribution is 2.41. The fourth-order valence-electron chi connectivity index (χ4n) is 1.40. The second-order valence-electron chi connectivity index (χ2n) is 3.35. The van der Waals surface area contributed by atoms with Gasteiger partial charge in [0.1, 0.15) is 5.75 Å². The van der Waals surface area contributed by atoms with E-state index in [4.69, 9.17) is 5.73 Å². The quantitative estimate of drug-likeness (QED) is 0.338. The third-order valence-electron chi connectivity index (χ3n) is 2.16. The van der Waals surface area contributed by atoms with E-state index in [1.807, 2.05) is 0 Å². The molecule has 0 spiro atoms. The van der Waals surface area contributed by atoms with Gasteiger partial charge in [0, 0.05) is 6.04 Å². The van der Waals surface area contributed by atoms with Crippen LogP contribution in [0.1, 0.15) is 18.5 Å². The molecule has 0 amide bonds. The van der Waals surface area contributed by atoms with Gasteiger partial charge in [-0.1, -0.05) is 0 Å². The molecule has 5 nitrogen and oxygen atoms in total. The van der Waals surface area contributed by atoms with Crippen LogP contribution < -0.4 is 5.73 Å². The van der Waals surface area contributed by atoms with E-state index >= 15 is 0 Å². The number of rotatable bonds is 3. The van der Waals surface area contributed by atoms with Crippen LogP contribution in [-0.2, 0) is 0 Å². The highest BCUT2D eigenvalue weighted by atomic mass is 16.3. The predicted octanol–water partition coefficient (Wildman–Crippen LogP) is 0.892. The fourth-order valence-corrected chi connectivity index (χ4v) is 1.40. The summed E-state index contributed by atoms with van der Waals surface area (Å²) in [7, 11) is 0. The van der Waals surface area contributed by atoms with Crippen molar-refractivity contribution in [1.82, 2.24) is 0 Å².